The minimum absolute atomic E-state index is 0.0550. The van der Waals surface area contributed by atoms with Crippen molar-refractivity contribution in [3.8, 4) is 0 Å². The molecule has 1 unspecified atom stereocenters. The summed E-state index contributed by atoms with van der Waals surface area (Å²) in [5, 5.41) is 13.4. The molecule has 0 saturated carbocycles. The third-order valence-electron chi connectivity index (χ3n) is 3.75. The fourth-order valence-corrected chi connectivity index (χ4v) is 2.58. The summed E-state index contributed by atoms with van der Waals surface area (Å²) in [4.78, 5) is 12.1. The topological polar surface area (TPSA) is 49.3 Å². The predicted molar refractivity (Wildman–Crippen MR) is 73.8 cm³/mol. The molecule has 0 radical (unpaired) electrons. The third-order valence-corrected chi connectivity index (χ3v) is 3.75. The highest BCUT2D eigenvalue weighted by molar-refractivity contribution is 6.05. The molecule has 0 aromatic heterocycles. The van der Waals surface area contributed by atoms with Crippen LogP contribution >= 0.6 is 0 Å². The molecule has 0 spiro atoms. The van der Waals surface area contributed by atoms with E-state index in [2.05, 4.69) is 5.32 Å². The van der Waals surface area contributed by atoms with Crippen LogP contribution in [0.15, 0.2) is 42.5 Å². The average Bonchev–Trinajstić information content (AvgIpc) is 2.67. The summed E-state index contributed by atoms with van der Waals surface area (Å²) in [6.07, 6.45) is 0.0550. The van der Waals surface area contributed by atoms with Crippen LogP contribution < -0.4 is 5.32 Å². The number of anilines is 1. The van der Waals surface area contributed by atoms with Gasteiger partial charge in [0.05, 0.1) is 0 Å². The number of nitrogens with one attached hydrogen (secondary N) is 1. The summed E-state index contributed by atoms with van der Waals surface area (Å²) in [6.45, 7) is 1.83. The van der Waals surface area contributed by atoms with Crippen LogP contribution in [0, 0.1) is 12.7 Å². The van der Waals surface area contributed by atoms with E-state index in [0.29, 0.717) is 16.8 Å². The molecule has 1 heterocycles. The summed E-state index contributed by atoms with van der Waals surface area (Å²) in [5.74, 6) is -0.844. The Bertz CT molecular complexity index is 699. The summed E-state index contributed by atoms with van der Waals surface area (Å²) < 4.78 is 13.4. The maximum Gasteiger partial charge on any atom is 0.261 e. The summed E-state index contributed by atoms with van der Waals surface area (Å²) in [7, 11) is 0. The third kappa shape index (κ3) is 1.89. The number of aliphatic hydroxyl groups is 1. The lowest BCUT2D eigenvalue weighted by Crippen LogP contribution is -2.36. The highest BCUT2D eigenvalue weighted by Gasteiger charge is 2.45. The van der Waals surface area contributed by atoms with Crippen LogP contribution in [0.25, 0.3) is 0 Å². The maximum absolute atomic E-state index is 13.4. The SMILES string of the molecule is Cc1ccc(F)cc1CC1(O)C(=O)Nc2ccccc21. The number of aryl methyl sites for hydroxylation is 1. The normalized spacial score (nSPS) is 20.6. The van der Waals surface area contributed by atoms with Crippen LogP contribution in [-0.2, 0) is 16.8 Å². The molecule has 4 heteroatoms. The fraction of sp³-hybridized carbons (Fsp3) is 0.188. The molecule has 0 saturated heterocycles. The van der Waals surface area contributed by atoms with Gasteiger partial charge in [-0.05, 0) is 36.2 Å². The van der Waals surface area contributed by atoms with Gasteiger partial charge in [0, 0.05) is 17.7 Å². The second-order valence-electron chi connectivity index (χ2n) is 5.11. The first kappa shape index (κ1) is 12.8. The first-order valence-electron chi connectivity index (χ1n) is 6.39. The maximum atomic E-state index is 13.4. The lowest BCUT2D eigenvalue weighted by molar-refractivity contribution is -0.133. The van der Waals surface area contributed by atoms with E-state index in [0.717, 1.165) is 5.56 Å². The molecule has 2 N–H and O–H groups in total. The number of benzene rings is 2. The molecule has 1 aliphatic heterocycles. The molecule has 20 heavy (non-hydrogen) atoms. The van der Waals surface area contributed by atoms with E-state index in [1.54, 1.807) is 30.3 Å². The van der Waals surface area contributed by atoms with E-state index in [9.17, 15) is 14.3 Å². The molecule has 2 aromatic rings. The smallest absolute Gasteiger partial charge is 0.261 e. The van der Waals surface area contributed by atoms with Crippen LogP contribution in [0.3, 0.4) is 0 Å². The quantitative estimate of drug-likeness (QED) is 0.881. The van der Waals surface area contributed by atoms with Gasteiger partial charge in [-0.25, -0.2) is 4.39 Å². The van der Waals surface area contributed by atoms with E-state index < -0.39 is 11.5 Å². The minimum atomic E-state index is -1.64. The Morgan fingerprint density at radius 1 is 1.25 bits per heavy atom. The van der Waals surface area contributed by atoms with Gasteiger partial charge in [-0.1, -0.05) is 24.3 Å². The lowest BCUT2D eigenvalue weighted by Gasteiger charge is -2.22. The highest BCUT2D eigenvalue weighted by Crippen LogP contribution is 2.38. The summed E-state index contributed by atoms with van der Waals surface area (Å²) in [6, 6.07) is 11.4. The Kier molecular flexibility index (Phi) is 2.83. The molecule has 1 amide bonds. The molecule has 2 aromatic carbocycles. The average molecular weight is 271 g/mol. The number of fused-ring (bicyclic) bond motifs is 1. The van der Waals surface area contributed by atoms with E-state index >= 15 is 0 Å². The van der Waals surface area contributed by atoms with Crippen molar-refractivity contribution in [2.24, 2.45) is 0 Å². The van der Waals surface area contributed by atoms with E-state index in [-0.39, 0.29) is 12.2 Å². The van der Waals surface area contributed by atoms with Gasteiger partial charge in [-0.15, -0.1) is 0 Å². The van der Waals surface area contributed by atoms with Crippen molar-refractivity contribution in [2.45, 2.75) is 18.9 Å². The molecular weight excluding hydrogens is 257 g/mol. The number of amides is 1. The zero-order valence-electron chi connectivity index (χ0n) is 11.0. The molecule has 0 fully saturated rings. The first-order chi connectivity index (χ1) is 9.50. The van der Waals surface area contributed by atoms with Gasteiger partial charge in [-0.2, -0.15) is 0 Å². The van der Waals surface area contributed by atoms with Crippen molar-refractivity contribution < 1.29 is 14.3 Å². The van der Waals surface area contributed by atoms with Crippen molar-refractivity contribution in [1.29, 1.82) is 0 Å². The number of halogens is 1. The van der Waals surface area contributed by atoms with Gasteiger partial charge in [0.15, 0.2) is 5.60 Å². The molecule has 1 aliphatic rings. The van der Waals surface area contributed by atoms with Crippen LogP contribution in [-0.4, -0.2) is 11.0 Å². The monoisotopic (exact) mass is 271 g/mol. The second-order valence-corrected chi connectivity index (χ2v) is 5.11. The first-order valence-corrected chi connectivity index (χ1v) is 6.39. The molecule has 3 nitrogen and oxygen atoms in total. The Labute approximate surface area is 116 Å². The lowest BCUT2D eigenvalue weighted by atomic mass is 9.87. The Hall–Kier alpha value is -2.20. The van der Waals surface area contributed by atoms with Crippen molar-refractivity contribution in [3.05, 3.63) is 65.0 Å². The Morgan fingerprint density at radius 2 is 2.00 bits per heavy atom. The van der Waals surface area contributed by atoms with Crippen molar-refractivity contribution >= 4 is 11.6 Å². The van der Waals surface area contributed by atoms with Gasteiger partial charge in [0.2, 0.25) is 0 Å². The van der Waals surface area contributed by atoms with Gasteiger partial charge in [-0.3, -0.25) is 4.79 Å². The number of para-hydroxylation sites is 1. The standard InChI is InChI=1S/C16H14FNO2/c1-10-6-7-12(17)8-11(10)9-16(20)13-4-2-3-5-14(13)18-15(16)19/h2-8,20H,9H2,1H3,(H,18,19). The van der Waals surface area contributed by atoms with E-state index in [1.165, 1.54) is 12.1 Å². The number of carbonyl (C=O) groups excluding carboxylic acids is 1. The molecule has 102 valence electrons. The molecule has 1 atom stereocenters. The zero-order valence-corrected chi connectivity index (χ0v) is 11.0. The Balaban J connectivity index is 2.05. The van der Waals surface area contributed by atoms with Crippen molar-refractivity contribution in [2.75, 3.05) is 5.32 Å². The second kappa shape index (κ2) is 4.42. The number of carbonyl (C=O) groups is 1. The fourth-order valence-electron chi connectivity index (χ4n) is 2.58. The largest absolute Gasteiger partial charge is 0.375 e. The van der Waals surface area contributed by atoms with Crippen LogP contribution in [0.5, 0.6) is 0 Å². The molecule has 3 rings (SSSR count). The molecule has 0 bridgehead atoms. The highest BCUT2D eigenvalue weighted by atomic mass is 19.1. The number of hydrogen-bond donors (Lipinski definition) is 2. The van der Waals surface area contributed by atoms with Gasteiger partial charge in [0.25, 0.3) is 5.91 Å². The summed E-state index contributed by atoms with van der Waals surface area (Å²) >= 11 is 0. The Morgan fingerprint density at radius 3 is 2.80 bits per heavy atom. The molecule has 0 aliphatic carbocycles. The van der Waals surface area contributed by atoms with E-state index in [1.807, 2.05) is 6.92 Å². The van der Waals surface area contributed by atoms with Gasteiger partial charge >= 0.3 is 0 Å². The van der Waals surface area contributed by atoms with Crippen LogP contribution in [0.2, 0.25) is 0 Å². The zero-order chi connectivity index (χ0) is 14.3. The minimum Gasteiger partial charge on any atom is -0.375 e. The van der Waals surface area contributed by atoms with Crippen LogP contribution in [0.1, 0.15) is 16.7 Å². The summed E-state index contributed by atoms with van der Waals surface area (Å²) in [5.41, 5.74) is 0.967. The van der Waals surface area contributed by atoms with Gasteiger partial charge in [0.1, 0.15) is 5.82 Å². The van der Waals surface area contributed by atoms with Crippen molar-refractivity contribution in [3.63, 3.8) is 0 Å². The predicted octanol–water partition coefficient (Wildman–Crippen LogP) is 2.52. The molecular formula is C16H14FNO2. The van der Waals surface area contributed by atoms with E-state index in [4.69, 9.17) is 0 Å². The van der Waals surface area contributed by atoms with Crippen LogP contribution in [0.4, 0.5) is 10.1 Å². The van der Waals surface area contributed by atoms with Gasteiger partial charge < -0.3 is 10.4 Å². The number of hydrogen-bond acceptors (Lipinski definition) is 2. The number of rotatable bonds is 2. The van der Waals surface area contributed by atoms with Crippen molar-refractivity contribution in [1.82, 2.24) is 0 Å².